The zero-order chi connectivity index (χ0) is 17.8. The second-order valence-corrected chi connectivity index (χ2v) is 7.38. The van der Waals surface area contributed by atoms with E-state index in [1.54, 1.807) is 4.52 Å². The summed E-state index contributed by atoms with van der Waals surface area (Å²) in [5.74, 6) is 0.674. The second kappa shape index (κ2) is 5.62. The van der Waals surface area contributed by atoms with Gasteiger partial charge in [0.1, 0.15) is 0 Å². The van der Waals surface area contributed by atoms with Crippen LogP contribution in [0.15, 0.2) is 30.3 Å². The Kier molecular flexibility index (Phi) is 3.35. The van der Waals surface area contributed by atoms with Gasteiger partial charge in [-0.2, -0.15) is 4.98 Å². The quantitative estimate of drug-likeness (QED) is 0.730. The molecule has 2 aliphatic rings. The van der Waals surface area contributed by atoms with Gasteiger partial charge >= 0.3 is 0 Å². The van der Waals surface area contributed by atoms with Gasteiger partial charge in [0.15, 0.2) is 0 Å². The van der Waals surface area contributed by atoms with Crippen molar-refractivity contribution in [3.63, 3.8) is 0 Å². The summed E-state index contributed by atoms with van der Waals surface area (Å²) in [5, 5.41) is 4.46. The van der Waals surface area contributed by atoms with Crippen LogP contribution in [-0.2, 0) is 6.42 Å². The highest BCUT2D eigenvalue weighted by molar-refractivity contribution is 5.91. The number of rotatable bonds is 3. The van der Waals surface area contributed by atoms with Gasteiger partial charge in [-0.3, -0.25) is 4.79 Å². The molecule has 1 atom stereocenters. The van der Waals surface area contributed by atoms with Crippen molar-refractivity contribution in [3.05, 3.63) is 58.7 Å². The molecular weight excluding hydrogens is 326 g/mol. The molecule has 0 N–H and O–H groups in total. The lowest BCUT2D eigenvalue weighted by Gasteiger charge is -2.28. The molecule has 1 unspecified atom stereocenters. The monoisotopic (exact) mass is 347 g/mol. The van der Waals surface area contributed by atoms with Gasteiger partial charge in [-0.05, 0) is 56.7 Å². The van der Waals surface area contributed by atoms with Crippen LogP contribution in [-0.4, -0.2) is 36.4 Å². The van der Waals surface area contributed by atoms with Gasteiger partial charge in [0, 0.05) is 17.4 Å². The van der Waals surface area contributed by atoms with E-state index in [1.807, 2.05) is 24.8 Å². The summed E-state index contributed by atoms with van der Waals surface area (Å²) in [5.41, 5.74) is 4.45. The summed E-state index contributed by atoms with van der Waals surface area (Å²) in [4.78, 5) is 24.2. The summed E-state index contributed by atoms with van der Waals surface area (Å²) in [6, 6.07) is 10.8. The Bertz CT molecular complexity index is 1020. The van der Waals surface area contributed by atoms with Crippen LogP contribution in [0, 0.1) is 13.8 Å². The first-order chi connectivity index (χ1) is 12.6. The lowest BCUT2D eigenvalue weighted by molar-refractivity contribution is 0.0645. The van der Waals surface area contributed by atoms with E-state index >= 15 is 0 Å². The molecule has 5 rings (SSSR count). The van der Waals surface area contributed by atoms with E-state index in [9.17, 15) is 4.79 Å². The second-order valence-electron chi connectivity index (χ2n) is 7.38. The maximum absolute atomic E-state index is 13.3. The van der Waals surface area contributed by atoms with Gasteiger partial charge in [0.25, 0.3) is 11.7 Å². The first kappa shape index (κ1) is 15.5. The minimum atomic E-state index is -0.0724. The van der Waals surface area contributed by atoms with Crippen molar-refractivity contribution in [2.75, 3.05) is 0 Å². The zero-order valence-corrected chi connectivity index (χ0v) is 15.0. The summed E-state index contributed by atoms with van der Waals surface area (Å²) < 4.78 is 1.66. The molecule has 0 saturated heterocycles. The molecule has 0 spiro atoms. The topological polar surface area (TPSA) is 63.4 Å². The maximum Gasteiger partial charge on any atom is 0.294 e. The minimum Gasteiger partial charge on any atom is -0.326 e. The standard InChI is InChI=1S/C20H21N5O/c1-12-11-13(2)25-20(21-12)22-18(23-25)19(26)24(15-8-9-15)17-10-7-14-5-3-4-6-16(14)17/h3-6,11,15,17H,7-10H2,1-2H3. The summed E-state index contributed by atoms with van der Waals surface area (Å²) in [6.07, 6.45) is 4.13. The van der Waals surface area contributed by atoms with E-state index in [1.165, 1.54) is 11.1 Å². The fourth-order valence-electron chi connectivity index (χ4n) is 4.11. The fraction of sp³-hybridized carbons (Fsp3) is 0.400. The molecule has 1 saturated carbocycles. The molecule has 6 nitrogen and oxygen atoms in total. The predicted molar refractivity (Wildman–Crippen MR) is 97.0 cm³/mol. The lowest BCUT2D eigenvalue weighted by atomic mass is 10.1. The minimum absolute atomic E-state index is 0.0724. The molecule has 0 bridgehead atoms. The third-order valence-electron chi connectivity index (χ3n) is 5.42. The average molecular weight is 347 g/mol. The van der Waals surface area contributed by atoms with Crippen LogP contribution in [0.1, 0.15) is 58.4 Å². The summed E-state index contributed by atoms with van der Waals surface area (Å²) >= 11 is 0. The molecule has 2 aliphatic carbocycles. The Labute approximate surface area is 151 Å². The predicted octanol–water partition coefficient (Wildman–Crippen LogP) is 3.03. The Morgan fingerprint density at radius 2 is 1.96 bits per heavy atom. The average Bonchev–Trinajstić information content (AvgIpc) is 3.21. The maximum atomic E-state index is 13.3. The van der Waals surface area contributed by atoms with Crippen molar-refractivity contribution in [1.82, 2.24) is 24.5 Å². The van der Waals surface area contributed by atoms with E-state index in [0.29, 0.717) is 11.8 Å². The van der Waals surface area contributed by atoms with E-state index < -0.39 is 0 Å². The van der Waals surface area contributed by atoms with Crippen molar-refractivity contribution in [1.29, 1.82) is 0 Å². The molecule has 2 heterocycles. The highest BCUT2D eigenvalue weighted by Crippen LogP contribution is 2.42. The van der Waals surface area contributed by atoms with Crippen LogP contribution in [0.2, 0.25) is 0 Å². The van der Waals surface area contributed by atoms with Crippen molar-refractivity contribution < 1.29 is 4.79 Å². The Morgan fingerprint density at radius 3 is 2.77 bits per heavy atom. The Morgan fingerprint density at radius 1 is 1.15 bits per heavy atom. The fourth-order valence-corrected chi connectivity index (χ4v) is 4.11. The molecule has 0 aliphatic heterocycles. The van der Waals surface area contributed by atoms with Crippen molar-refractivity contribution >= 4 is 11.7 Å². The van der Waals surface area contributed by atoms with Crippen molar-refractivity contribution in [2.45, 2.75) is 51.6 Å². The largest absolute Gasteiger partial charge is 0.326 e. The number of carbonyl (C=O) groups excluding carboxylic acids is 1. The normalized spacial score (nSPS) is 18.9. The van der Waals surface area contributed by atoms with Gasteiger partial charge in [-0.25, -0.2) is 9.50 Å². The number of hydrogen-bond acceptors (Lipinski definition) is 4. The Balaban J connectivity index is 1.55. The molecule has 1 amide bonds. The number of nitrogens with zero attached hydrogens (tertiary/aromatic N) is 5. The van der Waals surface area contributed by atoms with Gasteiger partial charge in [-0.15, -0.1) is 5.10 Å². The molecule has 3 aromatic rings. The lowest BCUT2D eigenvalue weighted by Crippen LogP contribution is -2.36. The molecule has 0 radical (unpaired) electrons. The van der Waals surface area contributed by atoms with Crippen LogP contribution >= 0.6 is 0 Å². The molecule has 1 fully saturated rings. The number of carbonyl (C=O) groups is 1. The van der Waals surface area contributed by atoms with E-state index in [0.717, 1.165) is 37.1 Å². The molecule has 26 heavy (non-hydrogen) atoms. The van der Waals surface area contributed by atoms with E-state index in [4.69, 9.17) is 0 Å². The first-order valence-electron chi connectivity index (χ1n) is 9.23. The van der Waals surface area contributed by atoms with Crippen LogP contribution in [0.4, 0.5) is 0 Å². The highest BCUT2D eigenvalue weighted by Gasteiger charge is 2.41. The SMILES string of the molecule is Cc1cc(C)n2nc(C(=O)N(C3CC3)C3CCc4ccccc43)nc2n1. The number of aromatic nitrogens is 4. The van der Waals surface area contributed by atoms with Crippen LogP contribution < -0.4 is 0 Å². The van der Waals surface area contributed by atoms with E-state index in [2.05, 4.69) is 39.3 Å². The van der Waals surface area contributed by atoms with Crippen molar-refractivity contribution in [3.8, 4) is 0 Å². The third kappa shape index (κ3) is 2.40. The molecule has 6 heteroatoms. The van der Waals surface area contributed by atoms with Gasteiger partial charge in [0.2, 0.25) is 5.82 Å². The van der Waals surface area contributed by atoms with Crippen molar-refractivity contribution in [2.24, 2.45) is 0 Å². The number of fused-ring (bicyclic) bond motifs is 2. The van der Waals surface area contributed by atoms with Gasteiger partial charge in [-0.1, -0.05) is 24.3 Å². The number of aryl methyl sites for hydroxylation is 3. The Hall–Kier alpha value is -2.76. The number of hydrogen-bond donors (Lipinski definition) is 0. The van der Waals surface area contributed by atoms with Gasteiger partial charge < -0.3 is 4.90 Å². The van der Waals surface area contributed by atoms with Gasteiger partial charge in [0.05, 0.1) is 6.04 Å². The summed E-state index contributed by atoms with van der Waals surface area (Å²) in [6.45, 7) is 3.88. The number of amides is 1. The third-order valence-corrected chi connectivity index (χ3v) is 5.42. The molecule has 2 aromatic heterocycles. The summed E-state index contributed by atoms with van der Waals surface area (Å²) in [7, 11) is 0. The highest BCUT2D eigenvalue weighted by atomic mass is 16.2. The molecule has 132 valence electrons. The number of benzene rings is 1. The first-order valence-corrected chi connectivity index (χ1v) is 9.23. The van der Waals surface area contributed by atoms with Crippen LogP contribution in [0.3, 0.4) is 0 Å². The zero-order valence-electron chi connectivity index (χ0n) is 15.0. The molecule has 1 aromatic carbocycles. The van der Waals surface area contributed by atoms with Crippen LogP contribution in [0.25, 0.3) is 5.78 Å². The van der Waals surface area contributed by atoms with E-state index in [-0.39, 0.29) is 17.8 Å². The smallest absolute Gasteiger partial charge is 0.294 e. The van der Waals surface area contributed by atoms with Crippen LogP contribution in [0.5, 0.6) is 0 Å². The molecular formula is C20H21N5O.